The van der Waals surface area contributed by atoms with Gasteiger partial charge >= 0.3 is 12.0 Å². The van der Waals surface area contributed by atoms with E-state index in [2.05, 4.69) is 5.32 Å². The number of carbonyl (C=O) groups excluding carboxylic acids is 1. The first kappa shape index (κ1) is 17.3. The molecular weight excluding hydrogens is 296 g/mol. The zero-order chi connectivity index (χ0) is 15.8. The van der Waals surface area contributed by atoms with E-state index in [4.69, 9.17) is 21.4 Å². The van der Waals surface area contributed by atoms with Gasteiger partial charge in [-0.1, -0.05) is 23.7 Å². The lowest BCUT2D eigenvalue weighted by Crippen LogP contribution is -2.46. The Hall–Kier alpha value is -1.79. The van der Waals surface area contributed by atoms with Gasteiger partial charge in [0.1, 0.15) is 6.04 Å². The number of aliphatic carboxylic acids is 1. The highest BCUT2D eigenvalue weighted by Crippen LogP contribution is 2.12. The van der Waals surface area contributed by atoms with Crippen molar-refractivity contribution in [1.29, 1.82) is 0 Å². The van der Waals surface area contributed by atoms with Crippen molar-refractivity contribution in [3.05, 3.63) is 34.9 Å². The van der Waals surface area contributed by atoms with Crippen LogP contribution in [0.1, 0.15) is 12.0 Å². The first-order chi connectivity index (χ1) is 9.93. The molecule has 1 unspecified atom stereocenters. The molecule has 0 saturated carbocycles. The van der Waals surface area contributed by atoms with Crippen LogP contribution in [0.2, 0.25) is 5.02 Å². The number of carboxylic acid groups (broad SMARTS) is 1. The van der Waals surface area contributed by atoms with E-state index in [9.17, 15) is 9.59 Å². The molecule has 0 aliphatic carbocycles. The molecule has 0 aliphatic rings. The van der Waals surface area contributed by atoms with Gasteiger partial charge in [-0.15, -0.1) is 0 Å². The Morgan fingerprint density at radius 3 is 2.76 bits per heavy atom. The number of nitrogens with one attached hydrogen (secondary N) is 1. The second-order valence-electron chi connectivity index (χ2n) is 4.61. The van der Waals surface area contributed by atoms with Crippen LogP contribution in [0.4, 0.5) is 4.79 Å². The fraction of sp³-hybridized carbons (Fsp3) is 0.429. The molecule has 0 aliphatic heterocycles. The topological polar surface area (TPSA) is 78.9 Å². The van der Waals surface area contributed by atoms with Crippen molar-refractivity contribution in [2.75, 3.05) is 20.8 Å². The molecule has 1 atom stereocenters. The van der Waals surface area contributed by atoms with E-state index in [0.717, 1.165) is 5.56 Å². The summed E-state index contributed by atoms with van der Waals surface area (Å²) in [6.45, 7) is 0.596. The minimum Gasteiger partial charge on any atom is -0.480 e. The van der Waals surface area contributed by atoms with Crippen LogP contribution in [0.3, 0.4) is 0 Å². The smallest absolute Gasteiger partial charge is 0.326 e. The van der Waals surface area contributed by atoms with Gasteiger partial charge in [-0.3, -0.25) is 0 Å². The Bertz CT molecular complexity index is 496. The molecule has 6 nitrogen and oxygen atoms in total. The van der Waals surface area contributed by atoms with Crippen molar-refractivity contribution in [1.82, 2.24) is 10.2 Å². The van der Waals surface area contributed by atoms with Gasteiger partial charge in [-0.05, 0) is 17.7 Å². The zero-order valence-electron chi connectivity index (χ0n) is 12.0. The van der Waals surface area contributed by atoms with Crippen LogP contribution in [0.25, 0.3) is 0 Å². The van der Waals surface area contributed by atoms with Crippen molar-refractivity contribution >= 4 is 23.6 Å². The third kappa shape index (κ3) is 6.01. The molecule has 1 rings (SSSR count). The number of ether oxygens (including phenoxy) is 1. The largest absolute Gasteiger partial charge is 0.480 e. The maximum atomic E-state index is 12.0. The lowest BCUT2D eigenvalue weighted by Gasteiger charge is -2.21. The van der Waals surface area contributed by atoms with Crippen LogP contribution in [0, 0.1) is 0 Å². The lowest BCUT2D eigenvalue weighted by molar-refractivity contribution is -0.139. The molecule has 1 aromatic rings. The van der Waals surface area contributed by atoms with Gasteiger partial charge in [0.05, 0.1) is 0 Å². The molecule has 0 fully saturated rings. The number of hydrogen-bond acceptors (Lipinski definition) is 3. The Balaban J connectivity index is 2.58. The number of rotatable bonds is 7. The van der Waals surface area contributed by atoms with E-state index >= 15 is 0 Å². The van der Waals surface area contributed by atoms with Gasteiger partial charge in [0.2, 0.25) is 0 Å². The first-order valence-corrected chi connectivity index (χ1v) is 6.79. The number of carboxylic acids is 1. The van der Waals surface area contributed by atoms with Crippen LogP contribution in [-0.2, 0) is 16.1 Å². The van der Waals surface area contributed by atoms with Gasteiger partial charge in [0.25, 0.3) is 0 Å². The molecule has 0 bridgehead atoms. The fourth-order valence-electron chi connectivity index (χ4n) is 1.73. The van der Waals surface area contributed by atoms with Crippen molar-refractivity contribution in [3.63, 3.8) is 0 Å². The second kappa shape index (κ2) is 8.49. The third-order valence-electron chi connectivity index (χ3n) is 2.86. The van der Waals surface area contributed by atoms with Crippen molar-refractivity contribution < 1.29 is 19.4 Å². The molecular formula is C14H19ClN2O4. The first-order valence-electron chi connectivity index (χ1n) is 6.42. The summed E-state index contributed by atoms with van der Waals surface area (Å²) in [4.78, 5) is 24.4. The highest BCUT2D eigenvalue weighted by molar-refractivity contribution is 6.30. The Morgan fingerprint density at radius 1 is 1.48 bits per heavy atom. The molecule has 116 valence electrons. The summed E-state index contributed by atoms with van der Waals surface area (Å²) in [5.41, 5.74) is 0.865. The average Bonchev–Trinajstić information content (AvgIpc) is 2.42. The normalized spacial score (nSPS) is 11.8. The second-order valence-corrected chi connectivity index (χ2v) is 5.04. The van der Waals surface area contributed by atoms with E-state index < -0.39 is 18.0 Å². The molecule has 0 saturated heterocycles. The molecule has 7 heteroatoms. The summed E-state index contributed by atoms with van der Waals surface area (Å²) in [5.74, 6) is -1.09. The average molecular weight is 315 g/mol. The predicted octanol–water partition coefficient (Wildman–Crippen LogP) is 1.97. The molecule has 1 aromatic carbocycles. The standard InChI is InChI=1S/C14H19ClN2O4/c1-17(9-10-4-3-5-11(15)8-10)14(20)16-12(13(18)19)6-7-21-2/h3-5,8,12H,6-7,9H2,1-2H3,(H,16,20)(H,18,19). The summed E-state index contributed by atoms with van der Waals surface area (Å²) in [6.07, 6.45) is 0.211. The van der Waals surface area contributed by atoms with Crippen LogP contribution < -0.4 is 5.32 Å². The molecule has 21 heavy (non-hydrogen) atoms. The van der Waals surface area contributed by atoms with Gasteiger partial charge in [0, 0.05) is 38.8 Å². The van der Waals surface area contributed by atoms with E-state index in [0.29, 0.717) is 11.6 Å². The van der Waals surface area contributed by atoms with Gasteiger partial charge in [-0.25, -0.2) is 9.59 Å². The Labute approximate surface area is 128 Å². The third-order valence-corrected chi connectivity index (χ3v) is 3.10. The summed E-state index contributed by atoms with van der Waals surface area (Å²) in [5, 5.41) is 12.1. The van der Waals surface area contributed by atoms with Gasteiger partial charge < -0.3 is 20.1 Å². The Kier molecular flexibility index (Phi) is 6.98. The number of benzene rings is 1. The summed E-state index contributed by atoms with van der Waals surface area (Å²) < 4.78 is 4.83. The molecule has 0 spiro atoms. The number of carbonyl (C=O) groups is 2. The zero-order valence-corrected chi connectivity index (χ0v) is 12.8. The predicted molar refractivity (Wildman–Crippen MR) is 79.4 cm³/mol. The fourth-order valence-corrected chi connectivity index (χ4v) is 1.95. The minimum absolute atomic E-state index is 0.211. The summed E-state index contributed by atoms with van der Waals surface area (Å²) in [6, 6.07) is 5.70. The molecule has 0 aromatic heterocycles. The molecule has 0 heterocycles. The summed E-state index contributed by atoms with van der Waals surface area (Å²) >= 11 is 5.88. The summed E-state index contributed by atoms with van der Waals surface area (Å²) in [7, 11) is 3.07. The van der Waals surface area contributed by atoms with E-state index in [1.54, 1.807) is 25.2 Å². The van der Waals surface area contributed by atoms with Crippen molar-refractivity contribution in [2.45, 2.75) is 19.0 Å². The monoisotopic (exact) mass is 314 g/mol. The SMILES string of the molecule is COCCC(NC(=O)N(C)Cc1cccc(Cl)c1)C(=O)O. The quantitative estimate of drug-likeness (QED) is 0.806. The molecule has 2 N–H and O–H groups in total. The Morgan fingerprint density at radius 2 is 2.19 bits per heavy atom. The van der Waals surface area contributed by atoms with Crippen LogP contribution in [0.5, 0.6) is 0 Å². The molecule has 2 amide bonds. The maximum Gasteiger partial charge on any atom is 0.326 e. The highest BCUT2D eigenvalue weighted by atomic mass is 35.5. The van der Waals surface area contributed by atoms with Crippen LogP contribution >= 0.6 is 11.6 Å². The van der Waals surface area contributed by atoms with E-state index in [1.807, 2.05) is 6.07 Å². The maximum absolute atomic E-state index is 12.0. The van der Waals surface area contributed by atoms with Gasteiger partial charge in [0.15, 0.2) is 0 Å². The number of halogens is 1. The number of amides is 2. The van der Waals surface area contributed by atoms with E-state index in [1.165, 1.54) is 12.0 Å². The number of methoxy groups -OCH3 is 1. The van der Waals surface area contributed by atoms with Crippen LogP contribution in [-0.4, -0.2) is 48.8 Å². The van der Waals surface area contributed by atoms with Crippen molar-refractivity contribution in [3.8, 4) is 0 Å². The van der Waals surface area contributed by atoms with Crippen molar-refractivity contribution in [2.24, 2.45) is 0 Å². The lowest BCUT2D eigenvalue weighted by atomic mass is 10.2. The number of urea groups is 1. The number of nitrogens with zero attached hydrogens (tertiary/aromatic N) is 1. The van der Waals surface area contributed by atoms with Crippen LogP contribution in [0.15, 0.2) is 24.3 Å². The number of hydrogen-bond donors (Lipinski definition) is 2. The van der Waals surface area contributed by atoms with E-state index in [-0.39, 0.29) is 13.0 Å². The highest BCUT2D eigenvalue weighted by Gasteiger charge is 2.21. The molecule has 0 radical (unpaired) electrons. The van der Waals surface area contributed by atoms with Gasteiger partial charge in [-0.2, -0.15) is 0 Å². The minimum atomic E-state index is -1.09.